The molecule has 4 saturated carbocycles. The van der Waals surface area contributed by atoms with Gasteiger partial charge in [-0.15, -0.1) is 0 Å². The second kappa shape index (κ2) is 5.44. The van der Waals surface area contributed by atoms with Crippen LogP contribution in [0.3, 0.4) is 0 Å². The molecule has 0 saturated heterocycles. The number of hydrogen-bond acceptors (Lipinski definition) is 3. The van der Waals surface area contributed by atoms with Gasteiger partial charge in [0.05, 0.1) is 12.2 Å². The predicted molar refractivity (Wildman–Crippen MR) is 89.7 cm³/mol. The summed E-state index contributed by atoms with van der Waals surface area (Å²) in [5.41, 5.74) is 0.430. The van der Waals surface area contributed by atoms with E-state index in [1.54, 1.807) is 0 Å². The minimum Gasteiger partial charge on any atom is -0.396 e. The molecule has 4 aliphatic rings. The number of fused-ring (bicyclic) bond motifs is 5. The van der Waals surface area contributed by atoms with Crippen LogP contribution in [0.4, 0.5) is 0 Å². The molecule has 0 radical (unpaired) electrons. The molecule has 132 valence electrons. The number of rotatable bonds is 1. The second-order valence-corrected chi connectivity index (χ2v) is 9.74. The first-order valence-corrected chi connectivity index (χ1v) is 9.87. The molecular formula is C20H34O3. The highest BCUT2D eigenvalue weighted by Crippen LogP contribution is 2.66. The molecule has 23 heavy (non-hydrogen) atoms. The summed E-state index contributed by atoms with van der Waals surface area (Å²) in [7, 11) is 0. The van der Waals surface area contributed by atoms with Gasteiger partial charge < -0.3 is 15.3 Å². The Morgan fingerprint density at radius 1 is 0.913 bits per heavy atom. The van der Waals surface area contributed by atoms with Crippen molar-refractivity contribution < 1.29 is 15.3 Å². The van der Waals surface area contributed by atoms with E-state index in [9.17, 15) is 15.3 Å². The van der Waals surface area contributed by atoms with Gasteiger partial charge in [-0.3, -0.25) is 0 Å². The molecule has 0 heterocycles. The van der Waals surface area contributed by atoms with Gasteiger partial charge >= 0.3 is 0 Å². The fourth-order valence-electron chi connectivity index (χ4n) is 7.58. The molecule has 0 aromatic carbocycles. The number of aliphatic hydroxyl groups excluding tert-OH is 3. The van der Waals surface area contributed by atoms with Crippen molar-refractivity contribution >= 4 is 0 Å². The Balaban J connectivity index is 1.62. The average Bonchev–Trinajstić information content (AvgIpc) is 2.83. The standard InChI is InChI=1S/C20H34O3/c1-19-8-7-16-14(15(19)5-6-18(19)23)4-3-13-9-17(22)12(11-21)10-20(13,16)2/h12-18,21-23H,3-11H2,1-2H3/t12-,13-,14+,15+,16+,17-,18+,19+,20+/m1/s1. The summed E-state index contributed by atoms with van der Waals surface area (Å²) in [6.07, 6.45) is 8.56. The maximum absolute atomic E-state index is 10.5. The van der Waals surface area contributed by atoms with Crippen molar-refractivity contribution in [2.24, 2.45) is 40.4 Å². The highest BCUT2D eigenvalue weighted by molar-refractivity contribution is 5.10. The third kappa shape index (κ3) is 2.19. The second-order valence-electron chi connectivity index (χ2n) is 9.74. The van der Waals surface area contributed by atoms with Crippen LogP contribution in [0.1, 0.15) is 65.2 Å². The predicted octanol–water partition coefficient (Wildman–Crippen LogP) is 2.97. The molecule has 0 spiro atoms. The summed E-state index contributed by atoms with van der Waals surface area (Å²) >= 11 is 0. The van der Waals surface area contributed by atoms with Crippen LogP contribution in [0.25, 0.3) is 0 Å². The van der Waals surface area contributed by atoms with E-state index in [2.05, 4.69) is 13.8 Å². The molecule has 3 nitrogen and oxygen atoms in total. The normalized spacial score (nSPS) is 59.1. The van der Waals surface area contributed by atoms with Crippen LogP contribution in [0.15, 0.2) is 0 Å². The van der Waals surface area contributed by atoms with E-state index >= 15 is 0 Å². The van der Waals surface area contributed by atoms with Gasteiger partial charge in [-0.05, 0) is 85.9 Å². The van der Waals surface area contributed by atoms with E-state index in [1.165, 1.54) is 25.7 Å². The van der Waals surface area contributed by atoms with Crippen LogP contribution in [0.2, 0.25) is 0 Å². The molecule has 4 aliphatic carbocycles. The quantitative estimate of drug-likeness (QED) is 0.695. The zero-order valence-corrected chi connectivity index (χ0v) is 14.7. The van der Waals surface area contributed by atoms with Crippen LogP contribution in [0, 0.1) is 40.4 Å². The molecule has 0 aromatic rings. The molecular weight excluding hydrogens is 288 g/mol. The molecule has 3 heteroatoms. The first-order valence-electron chi connectivity index (χ1n) is 9.87. The molecule has 0 bridgehead atoms. The van der Waals surface area contributed by atoms with Crippen molar-refractivity contribution in [3.8, 4) is 0 Å². The number of aliphatic hydroxyl groups is 3. The monoisotopic (exact) mass is 322 g/mol. The fraction of sp³-hybridized carbons (Fsp3) is 1.00. The Morgan fingerprint density at radius 3 is 2.39 bits per heavy atom. The van der Waals surface area contributed by atoms with Crippen LogP contribution < -0.4 is 0 Å². The summed E-state index contributed by atoms with van der Waals surface area (Å²) in [6, 6.07) is 0. The topological polar surface area (TPSA) is 60.7 Å². The van der Waals surface area contributed by atoms with Crippen LogP contribution in [-0.4, -0.2) is 34.1 Å². The zero-order valence-electron chi connectivity index (χ0n) is 14.7. The maximum Gasteiger partial charge on any atom is 0.0596 e. The van der Waals surface area contributed by atoms with E-state index in [0.717, 1.165) is 37.5 Å². The lowest BCUT2D eigenvalue weighted by Crippen LogP contribution is -2.56. The van der Waals surface area contributed by atoms with Gasteiger partial charge in [-0.25, -0.2) is 0 Å². The molecule has 4 fully saturated rings. The Kier molecular flexibility index (Phi) is 3.87. The van der Waals surface area contributed by atoms with Crippen molar-refractivity contribution in [3.05, 3.63) is 0 Å². The lowest BCUT2D eigenvalue weighted by atomic mass is 9.44. The molecule has 9 atom stereocenters. The smallest absolute Gasteiger partial charge is 0.0596 e. The van der Waals surface area contributed by atoms with Crippen molar-refractivity contribution in [2.75, 3.05) is 6.61 Å². The van der Waals surface area contributed by atoms with Crippen LogP contribution in [0.5, 0.6) is 0 Å². The van der Waals surface area contributed by atoms with E-state index in [1.807, 2.05) is 0 Å². The Bertz CT molecular complexity index is 466. The molecule has 0 amide bonds. The van der Waals surface area contributed by atoms with Crippen molar-refractivity contribution in [1.82, 2.24) is 0 Å². The lowest BCUT2D eigenvalue weighted by molar-refractivity contribution is -0.152. The minimum absolute atomic E-state index is 0.0671. The summed E-state index contributed by atoms with van der Waals surface area (Å²) < 4.78 is 0. The zero-order chi connectivity index (χ0) is 16.4. The fourth-order valence-corrected chi connectivity index (χ4v) is 7.58. The molecule has 3 N–H and O–H groups in total. The van der Waals surface area contributed by atoms with E-state index in [-0.39, 0.29) is 35.6 Å². The van der Waals surface area contributed by atoms with E-state index in [4.69, 9.17) is 0 Å². The average molecular weight is 322 g/mol. The first-order chi connectivity index (χ1) is 10.9. The Hall–Kier alpha value is -0.120. The molecule has 0 aromatic heterocycles. The van der Waals surface area contributed by atoms with Gasteiger partial charge in [-0.1, -0.05) is 13.8 Å². The van der Waals surface area contributed by atoms with Gasteiger partial charge in [0, 0.05) is 12.5 Å². The highest BCUT2D eigenvalue weighted by atomic mass is 16.3. The van der Waals surface area contributed by atoms with Crippen molar-refractivity contribution in [2.45, 2.75) is 77.4 Å². The lowest BCUT2D eigenvalue weighted by Gasteiger charge is -2.61. The van der Waals surface area contributed by atoms with E-state index in [0.29, 0.717) is 11.8 Å². The maximum atomic E-state index is 10.5. The van der Waals surface area contributed by atoms with Crippen LogP contribution in [-0.2, 0) is 0 Å². The Morgan fingerprint density at radius 2 is 1.65 bits per heavy atom. The van der Waals surface area contributed by atoms with Gasteiger partial charge in [0.15, 0.2) is 0 Å². The third-order valence-corrected chi connectivity index (χ3v) is 9.02. The molecule has 4 rings (SSSR count). The van der Waals surface area contributed by atoms with Gasteiger partial charge in [0.25, 0.3) is 0 Å². The van der Waals surface area contributed by atoms with E-state index < -0.39 is 0 Å². The Labute approximate surface area is 140 Å². The summed E-state index contributed by atoms with van der Waals surface area (Å²) in [6.45, 7) is 4.92. The summed E-state index contributed by atoms with van der Waals surface area (Å²) in [4.78, 5) is 0. The molecule has 0 unspecified atom stereocenters. The highest BCUT2D eigenvalue weighted by Gasteiger charge is 2.60. The number of hydrogen-bond donors (Lipinski definition) is 3. The third-order valence-electron chi connectivity index (χ3n) is 9.02. The minimum atomic E-state index is -0.309. The van der Waals surface area contributed by atoms with Crippen molar-refractivity contribution in [1.29, 1.82) is 0 Å². The first kappa shape index (κ1) is 16.4. The SMILES string of the molecule is C[C@]12C[C@H](CO)[C@H](O)C[C@H]1CC[C@@H]1[C@@H]2CC[C@]2(C)[C@@H](O)CC[C@@H]12. The summed E-state index contributed by atoms with van der Waals surface area (Å²) in [5, 5.41) is 30.6. The van der Waals surface area contributed by atoms with Crippen molar-refractivity contribution in [3.63, 3.8) is 0 Å². The van der Waals surface area contributed by atoms with Gasteiger partial charge in [0.1, 0.15) is 0 Å². The van der Waals surface area contributed by atoms with Crippen LogP contribution >= 0.6 is 0 Å². The molecule has 0 aliphatic heterocycles. The van der Waals surface area contributed by atoms with Gasteiger partial charge in [0.2, 0.25) is 0 Å². The van der Waals surface area contributed by atoms with Gasteiger partial charge in [-0.2, -0.15) is 0 Å². The largest absolute Gasteiger partial charge is 0.396 e. The summed E-state index contributed by atoms with van der Waals surface area (Å²) in [5.74, 6) is 2.86.